The van der Waals surface area contributed by atoms with E-state index >= 15 is 0 Å². The Kier molecular flexibility index (Phi) is 4.82. The van der Waals surface area contributed by atoms with Gasteiger partial charge < -0.3 is 10.1 Å². The number of nitrogens with one attached hydrogen (secondary N) is 1. The van der Waals surface area contributed by atoms with Crippen LogP contribution >= 0.6 is 11.3 Å². The highest BCUT2D eigenvalue weighted by molar-refractivity contribution is 7.11. The zero-order valence-electron chi connectivity index (χ0n) is 13.0. The second-order valence-corrected chi connectivity index (χ2v) is 7.27. The summed E-state index contributed by atoms with van der Waals surface area (Å²) in [6, 6.07) is 0. The van der Waals surface area contributed by atoms with Crippen molar-refractivity contribution in [1.82, 2.24) is 15.2 Å². The van der Waals surface area contributed by atoms with Crippen molar-refractivity contribution in [3.8, 4) is 0 Å². The third kappa shape index (κ3) is 5.00. The number of rotatable bonds is 2. The number of aryl methyl sites for hydroxylation is 1. The topological polar surface area (TPSA) is 66.8 Å². The van der Waals surface area contributed by atoms with E-state index in [1.165, 1.54) is 4.88 Å². The largest absolute Gasteiger partial charge is 0.444 e. The number of nitrogens with zero attached hydrogens (tertiary/aromatic N) is 3. The number of hydrogen-bond acceptors (Lipinski definition) is 6. The lowest BCUT2D eigenvalue weighted by molar-refractivity contribution is 0.0276. The Morgan fingerprint density at radius 2 is 2.29 bits per heavy atom. The summed E-state index contributed by atoms with van der Waals surface area (Å²) in [7, 11) is 0. The lowest BCUT2D eigenvalue weighted by atomic mass is 10.2. The van der Waals surface area contributed by atoms with E-state index in [9.17, 15) is 4.79 Å². The third-order valence-electron chi connectivity index (χ3n) is 2.78. The minimum absolute atomic E-state index is 0.290. The molecule has 2 rings (SSSR count). The van der Waals surface area contributed by atoms with E-state index in [2.05, 4.69) is 15.3 Å². The summed E-state index contributed by atoms with van der Waals surface area (Å²) in [5.41, 5.74) is -0.475. The molecule has 2 heterocycles. The molecule has 0 saturated carbocycles. The van der Waals surface area contributed by atoms with Gasteiger partial charge in [0.15, 0.2) is 0 Å². The molecule has 0 aromatic carbocycles. The van der Waals surface area contributed by atoms with Crippen molar-refractivity contribution in [3.05, 3.63) is 16.1 Å². The highest BCUT2D eigenvalue weighted by atomic mass is 32.1. The van der Waals surface area contributed by atoms with Gasteiger partial charge in [0.05, 0.1) is 19.6 Å². The summed E-state index contributed by atoms with van der Waals surface area (Å²) >= 11 is 1.66. The Morgan fingerprint density at radius 1 is 1.52 bits per heavy atom. The van der Waals surface area contributed by atoms with E-state index < -0.39 is 5.60 Å². The van der Waals surface area contributed by atoms with Gasteiger partial charge in [-0.3, -0.25) is 9.89 Å². The molecule has 0 unspecified atom stereocenters. The molecule has 0 saturated heterocycles. The average Bonchev–Trinajstić information content (AvgIpc) is 2.81. The normalized spacial score (nSPS) is 15.6. The van der Waals surface area contributed by atoms with Crippen LogP contribution in [-0.2, 0) is 11.3 Å². The SMILES string of the molecule is Cc1cnc(CNC2=NCCN(C(=O)OC(C)(C)C)C2)s1. The maximum Gasteiger partial charge on any atom is 0.410 e. The first kappa shape index (κ1) is 15.8. The summed E-state index contributed by atoms with van der Waals surface area (Å²) < 4.78 is 5.39. The molecular weight excluding hydrogens is 288 g/mol. The summed E-state index contributed by atoms with van der Waals surface area (Å²) in [5.74, 6) is 0.806. The molecule has 0 bridgehead atoms. The van der Waals surface area contributed by atoms with Crippen LogP contribution in [-0.4, -0.2) is 47.0 Å². The lowest BCUT2D eigenvalue weighted by Gasteiger charge is -2.29. The van der Waals surface area contributed by atoms with Gasteiger partial charge in [-0.05, 0) is 27.7 Å². The van der Waals surface area contributed by atoms with Crippen LogP contribution in [0.5, 0.6) is 0 Å². The van der Waals surface area contributed by atoms with Gasteiger partial charge >= 0.3 is 6.09 Å². The molecule has 1 aromatic heterocycles. The van der Waals surface area contributed by atoms with Gasteiger partial charge in [0, 0.05) is 17.6 Å². The van der Waals surface area contributed by atoms with Crippen LogP contribution in [0.15, 0.2) is 11.2 Å². The molecule has 0 atom stereocenters. The van der Waals surface area contributed by atoms with Crippen LogP contribution in [0.1, 0.15) is 30.7 Å². The molecule has 1 aliphatic rings. The van der Waals surface area contributed by atoms with E-state index in [0.717, 1.165) is 10.8 Å². The van der Waals surface area contributed by atoms with Crippen LogP contribution in [0.2, 0.25) is 0 Å². The molecule has 116 valence electrons. The predicted octanol–water partition coefficient (Wildman–Crippen LogP) is 2.19. The zero-order valence-corrected chi connectivity index (χ0v) is 13.8. The fraction of sp³-hybridized carbons (Fsp3) is 0.643. The van der Waals surface area contributed by atoms with Crippen molar-refractivity contribution in [2.24, 2.45) is 4.99 Å². The van der Waals surface area contributed by atoms with E-state index in [-0.39, 0.29) is 6.09 Å². The van der Waals surface area contributed by atoms with Gasteiger partial charge in [-0.1, -0.05) is 0 Å². The van der Waals surface area contributed by atoms with Crippen molar-refractivity contribution >= 4 is 23.3 Å². The molecular formula is C14H22N4O2S. The van der Waals surface area contributed by atoms with Gasteiger partial charge in [0.1, 0.15) is 16.4 Å². The molecule has 6 nitrogen and oxygen atoms in total. The molecule has 21 heavy (non-hydrogen) atoms. The Morgan fingerprint density at radius 3 is 2.90 bits per heavy atom. The van der Waals surface area contributed by atoms with E-state index in [4.69, 9.17) is 4.74 Å². The number of amides is 1. The fourth-order valence-corrected chi connectivity index (χ4v) is 2.60. The van der Waals surface area contributed by atoms with Crippen LogP contribution < -0.4 is 5.32 Å². The molecule has 1 N–H and O–H groups in total. The Labute approximate surface area is 129 Å². The van der Waals surface area contributed by atoms with Crippen molar-refractivity contribution in [3.63, 3.8) is 0 Å². The number of aromatic nitrogens is 1. The van der Waals surface area contributed by atoms with E-state index in [1.807, 2.05) is 33.9 Å². The second-order valence-electron chi connectivity index (χ2n) is 5.95. The highest BCUT2D eigenvalue weighted by Gasteiger charge is 2.24. The number of ether oxygens (including phenoxy) is 1. The number of carbonyl (C=O) groups excluding carboxylic acids is 1. The van der Waals surface area contributed by atoms with Crippen molar-refractivity contribution in [2.45, 2.75) is 39.8 Å². The Balaban J connectivity index is 1.85. The number of aliphatic imine (C=N–C) groups is 1. The molecule has 0 aliphatic carbocycles. The van der Waals surface area contributed by atoms with Crippen LogP contribution in [0.25, 0.3) is 0 Å². The molecule has 0 radical (unpaired) electrons. The van der Waals surface area contributed by atoms with Crippen molar-refractivity contribution < 1.29 is 9.53 Å². The maximum absolute atomic E-state index is 12.0. The number of thiazole rings is 1. The average molecular weight is 310 g/mol. The molecule has 7 heteroatoms. The molecule has 1 aliphatic heterocycles. The van der Waals surface area contributed by atoms with Gasteiger partial charge in [-0.15, -0.1) is 11.3 Å². The zero-order chi connectivity index (χ0) is 15.5. The standard InChI is InChI=1S/C14H22N4O2S/c1-10-7-17-12(21-10)8-16-11-9-18(6-5-15-11)13(19)20-14(2,3)4/h7H,5-6,8-9H2,1-4H3,(H,15,16). The quantitative estimate of drug-likeness (QED) is 0.909. The first-order valence-corrected chi connectivity index (χ1v) is 7.81. The van der Waals surface area contributed by atoms with Crippen LogP contribution in [0.3, 0.4) is 0 Å². The lowest BCUT2D eigenvalue weighted by Crippen LogP contribution is -2.47. The summed E-state index contributed by atoms with van der Waals surface area (Å²) in [5, 5.41) is 4.27. The third-order valence-corrected chi connectivity index (χ3v) is 3.69. The van der Waals surface area contributed by atoms with E-state index in [0.29, 0.717) is 26.2 Å². The first-order chi connectivity index (χ1) is 9.83. The fourth-order valence-electron chi connectivity index (χ4n) is 1.87. The molecule has 0 fully saturated rings. The van der Waals surface area contributed by atoms with Crippen molar-refractivity contribution in [2.75, 3.05) is 19.6 Å². The van der Waals surface area contributed by atoms with Gasteiger partial charge in [0.2, 0.25) is 0 Å². The van der Waals surface area contributed by atoms with Crippen LogP contribution in [0.4, 0.5) is 4.79 Å². The number of carbonyl (C=O) groups is 1. The summed E-state index contributed by atoms with van der Waals surface area (Å²) in [6.45, 7) is 9.92. The number of amidine groups is 1. The first-order valence-electron chi connectivity index (χ1n) is 7.00. The monoisotopic (exact) mass is 310 g/mol. The maximum atomic E-state index is 12.0. The van der Waals surface area contributed by atoms with Gasteiger partial charge in [-0.25, -0.2) is 9.78 Å². The highest BCUT2D eigenvalue weighted by Crippen LogP contribution is 2.12. The minimum atomic E-state index is -0.475. The molecule has 0 spiro atoms. The van der Waals surface area contributed by atoms with Crippen molar-refractivity contribution in [1.29, 1.82) is 0 Å². The predicted molar refractivity (Wildman–Crippen MR) is 83.8 cm³/mol. The number of hydrogen-bond donors (Lipinski definition) is 1. The summed E-state index contributed by atoms with van der Waals surface area (Å²) in [6.07, 6.45) is 1.57. The minimum Gasteiger partial charge on any atom is -0.444 e. The van der Waals surface area contributed by atoms with Gasteiger partial charge in [-0.2, -0.15) is 0 Å². The smallest absolute Gasteiger partial charge is 0.410 e. The van der Waals surface area contributed by atoms with Gasteiger partial charge in [0.25, 0.3) is 0 Å². The van der Waals surface area contributed by atoms with Crippen LogP contribution in [0, 0.1) is 6.92 Å². The Hall–Kier alpha value is -1.63. The second kappa shape index (κ2) is 6.43. The molecule has 1 amide bonds. The molecule has 1 aromatic rings. The van der Waals surface area contributed by atoms with E-state index in [1.54, 1.807) is 16.2 Å². The Bertz CT molecular complexity index is 533. The summed E-state index contributed by atoms with van der Waals surface area (Å²) in [4.78, 5) is 23.6.